The van der Waals surface area contributed by atoms with E-state index in [0.717, 1.165) is 36.9 Å². The lowest BCUT2D eigenvalue weighted by molar-refractivity contribution is -0.137. The largest absolute Gasteiger partial charge is 0.398 e. The number of anilines is 1. The molecule has 1 amide bonds. The van der Waals surface area contributed by atoms with E-state index in [2.05, 4.69) is 4.90 Å². The maximum absolute atomic E-state index is 12.9. The zero-order valence-corrected chi connectivity index (χ0v) is 12.8. The van der Waals surface area contributed by atoms with E-state index >= 15 is 0 Å². The summed E-state index contributed by atoms with van der Waals surface area (Å²) in [5, 5.41) is 0. The Kier molecular flexibility index (Phi) is 4.47. The molecule has 1 aromatic rings. The molecule has 1 aromatic carbocycles. The molecule has 0 unspecified atom stereocenters. The summed E-state index contributed by atoms with van der Waals surface area (Å²) in [6.07, 6.45) is 9.47. The highest BCUT2D eigenvalue weighted by molar-refractivity contribution is 5.79. The van der Waals surface area contributed by atoms with Gasteiger partial charge < -0.3 is 10.6 Å². The van der Waals surface area contributed by atoms with Gasteiger partial charge in [0.2, 0.25) is 5.91 Å². The van der Waals surface area contributed by atoms with Gasteiger partial charge in [-0.15, -0.1) is 0 Å². The second-order valence-corrected chi connectivity index (χ2v) is 6.58. The van der Waals surface area contributed by atoms with Gasteiger partial charge in [-0.1, -0.05) is 43.9 Å². The SMILES string of the molecule is Nc1ccccc1CN(C(=O)C1CCCCCC1)C1CC1. The number of hydrogen-bond acceptors (Lipinski definition) is 2. The van der Waals surface area contributed by atoms with Gasteiger partial charge in [0, 0.05) is 24.2 Å². The van der Waals surface area contributed by atoms with E-state index in [-0.39, 0.29) is 5.92 Å². The van der Waals surface area contributed by atoms with E-state index in [4.69, 9.17) is 5.73 Å². The topological polar surface area (TPSA) is 46.3 Å². The Morgan fingerprint density at radius 1 is 1.05 bits per heavy atom. The zero-order chi connectivity index (χ0) is 14.7. The first-order valence-electron chi connectivity index (χ1n) is 8.39. The molecule has 0 aliphatic heterocycles. The summed E-state index contributed by atoms with van der Waals surface area (Å²) in [7, 11) is 0. The maximum Gasteiger partial charge on any atom is 0.226 e. The van der Waals surface area contributed by atoms with E-state index in [1.54, 1.807) is 0 Å². The average Bonchev–Trinajstić information content (AvgIpc) is 3.32. The van der Waals surface area contributed by atoms with Crippen LogP contribution in [0.5, 0.6) is 0 Å². The molecule has 2 fully saturated rings. The van der Waals surface area contributed by atoms with Crippen LogP contribution in [0.3, 0.4) is 0 Å². The summed E-state index contributed by atoms with van der Waals surface area (Å²) in [5.41, 5.74) is 7.95. The van der Waals surface area contributed by atoms with Gasteiger partial charge in [0.25, 0.3) is 0 Å². The van der Waals surface area contributed by atoms with Gasteiger partial charge in [0.1, 0.15) is 0 Å². The van der Waals surface area contributed by atoms with E-state index in [9.17, 15) is 4.79 Å². The fourth-order valence-corrected chi connectivity index (χ4v) is 3.40. The summed E-state index contributed by atoms with van der Waals surface area (Å²) in [6, 6.07) is 8.39. The third kappa shape index (κ3) is 3.58. The number of nitrogen functional groups attached to an aromatic ring is 1. The highest BCUT2D eigenvalue weighted by Crippen LogP contribution is 2.33. The number of nitrogens with zero attached hydrogens (tertiary/aromatic N) is 1. The van der Waals surface area contributed by atoms with Crippen molar-refractivity contribution in [3.8, 4) is 0 Å². The Labute approximate surface area is 127 Å². The number of carbonyl (C=O) groups excluding carboxylic acids is 1. The van der Waals surface area contributed by atoms with Crippen LogP contribution in [-0.4, -0.2) is 16.8 Å². The van der Waals surface area contributed by atoms with Crippen molar-refractivity contribution in [1.82, 2.24) is 4.90 Å². The molecule has 0 bridgehead atoms. The number of para-hydroxylation sites is 1. The first-order valence-corrected chi connectivity index (χ1v) is 8.39. The maximum atomic E-state index is 12.9. The smallest absolute Gasteiger partial charge is 0.226 e. The Morgan fingerprint density at radius 2 is 1.71 bits per heavy atom. The van der Waals surface area contributed by atoms with Crippen LogP contribution in [0.4, 0.5) is 5.69 Å². The van der Waals surface area contributed by atoms with Gasteiger partial charge >= 0.3 is 0 Å². The minimum Gasteiger partial charge on any atom is -0.398 e. The molecule has 114 valence electrons. The molecular weight excluding hydrogens is 260 g/mol. The molecule has 2 saturated carbocycles. The Morgan fingerprint density at radius 3 is 2.33 bits per heavy atom. The second-order valence-electron chi connectivity index (χ2n) is 6.58. The fourth-order valence-electron chi connectivity index (χ4n) is 3.40. The number of amides is 1. The predicted octanol–water partition coefficient (Wildman–Crippen LogP) is 3.73. The quantitative estimate of drug-likeness (QED) is 0.677. The van der Waals surface area contributed by atoms with E-state index in [0.29, 0.717) is 18.5 Å². The standard InChI is InChI=1S/C18H26N2O/c19-17-10-6-5-9-15(17)13-20(16-11-12-16)18(21)14-7-3-1-2-4-8-14/h5-6,9-10,14,16H,1-4,7-8,11-13,19H2. The molecule has 2 aliphatic carbocycles. The van der Waals surface area contributed by atoms with Crippen LogP contribution in [0.15, 0.2) is 24.3 Å². The van der Waals surface area contributed by atoms with Gasteiger partial charge in [0.15, 0.2) is 0 Å². The third-order valence-corrected chi connectivity index (χ3v) is 4.87. The second kappa shape index (κ2) is 6.50. The van der Waals surface area contributed by atoms with Crippen LogP contribution in [0, 0.1) is 5.92 Å². The summed E-state index contributed by atoms with van der Waals surface area (Å²) in [6.45, 7) is 0.687. The van der Waals surface area contributed by atoms with Crippen LogP contribution >= 0.6 is 0 Å². The van der Waals surface area contributed by atoms with Crippen molar-refractivity contribution in [2.24, 2.45) is 5.92 Å². The first-order chi connectivity index (χ1) is 10.3. The van der Waals surface area contributed by atoms with Gasteiger partial charge in [-0.3, -0.25) is 4.79 Å². The molecule has 0 spiro atoms. The molecule has 0 aromatic heterocycles. The van der Waals surface area contributed by atoms with Crippen LogP contribution in [0.25, 0.3) is 0 Å². The number of benzene rings is 1. The van der Waals surface area contributed by atoms with Gasteiger partial charge in [0.05, 0.1) is 0 Å². The molecule has 2 N–H and O–H groups in total. The van der Waals surface area contributed by atoms with Gasteiger partial charge in [-0.25, -0.2) is 0 Å². The first kappa shape index (κ1) is 14.4. The lowest BCUT2D eigenvalue weighted by Crippen LogP contribution is -2.37. The summed E-state index contributed by atoms with van der Waals surface area (Å²) < 4.78 is 0. The highest BCUT2D eigenvalue weighted by atomic mass is 16.2. The van der Waals surface area contributed by atoms with Crippen molar-refractivity contribution >= 4 is 11.6 Å². The van der Waals surface area contributed by atoms with Crippen molar-refractivity contribution in [1.29, 1.82) is 0 Å². The van der Waals surface area contributed by atoms with E-state index in [1.807, 2.05) is 24.3 Å². The van der Waals surface area contributed by atoms with Crippen LogP contribution in [0.1, 0.15) is 56.9 Å². The summed E-state index contributed by atoms with van der Waals surface area (Å²) >= 11 is 0. The predicted molar refractivity (Wildman–Crippen MR) is 85.6 cm³/mol. The Bertz CT molecular complexity index is 488. The average molecular weight is 286 g/mol. The molecule has 3 rings (SSSR count). The summed E-state index contributed by atoms with van der Waals surface area (Å²) in [4.78, 5) is 15.0. The molecule has 0 saturated heterocycles. The van der Waals surface area contributed by atoms with Crippen molar-refractivity contribution in [2.75, 3.05) is 5.73 Å². The van der Waals surface area contributed by atoms with Crippen molar-refractivity contribution in [3.63, 3.8) is 0 Å². The van der Waals surface area contributed by atoms with Crippen molar-refractivity contribution < 1.29 is 4.79 Å². The number of nitrogens with two attached hydrogens (primary N) is 1. The lowest BCUT2D eigenvalue weighted by Gasteiger charge is -2.27. The third-order valence-electron chi connectivity index (χ3n) is 4.87. The number of rotatable bonds is 4. The minimum absolute atomic E-state index is 0.248. The molecular formula is C18H26N2O. The molecule has 3 nitrogen and oxygen atoms in total. The monoisotopic (exact) mass is 286 g/mol. The number of hydrogen-bond donors (Lipinski definition) is 1. The summed E-state index contributed by atoms with van der Waals surface area (Å²) in [5.74, 6) is 0.626. The fraction of sp³-hybridized carbons (Fsp3) is 0.611. The van der Waals surface area contributed by atoms with Crippen molar-refractivity contribution in [2.45, 2.75) is 64.0 Å². The zero-order valence-electron chi connectivity index (χ0n) is 12.8. The number of carbonyl (C=O) groups is 1. The van der Waals surface area contributed by atoms with Crippen LogP contribution in [0.2, 0.25) is 0 Å². The van der Waals surface area contributed by atoms with Gasteiger partial charge in [-0.2, -0.15) is 0 Å². The Hall–Kier alpha value is -1.51. The normalized spacial score (nSPS) is 20.0. The molecule has 0 radical (unpaired) electrons. The minimum atomic E-state index is 0.248. The van der Waals surface area contributed by atoms with E-state index < -0.39 is 0 Å². The molecule has 2 aliphatic rings. The van der Waals surface area contributed by atoms with Gasteiger partial charge in [-0.05, 0) is 37.3 Å². The molecule has 3 heteroatoms. The van der Waals surface area contributed by atoms with Crippen molar-refractivity contribution in [3.05, 3.63) is 29.8 Å². The highest BCUT2D eigenvalue weighted by Gasteiger charge is 2.35. The van der Waals surface area contributed by atoms with Crippen LogP contribution in [-0.2, 0) is 11.3 Å². The van der Waals surface area contributed by atoms with Crippen LogP contribution < -0.4 is 5.73 Å². The van der Waals surface area contributed by atoms with E-state index in [1.165, 1.54) is 25.7 Å². The lowest BCUT2D eigenvalue weighted by atomic mass is 9.98. The molecule has 21 heavy (non-hydrogen) atoms. The Balaban J connectivity index is 1.72. The molecule has 0 atom stereocenters. The molecule has 0 heterocycles.